The summed E-state index contributed by atoms with van der Waals surface area (Å²) in [5.41, 5.74) is -0.550. The van der Waals surface area contributed by atoms with Gasteiger partial charge in [-0.15, -0.1) is 0 Å². The molecule has 0 aliphatic rings. The summed E-state index contributed by atoms with van der Waals surface area (Å²) in [5.74, 6) is 0.605. The Morgan fingerprint density at radius 3 is 2.53 bits per heavy atom. The van der Waals surface area contributed by atoms with Gasteiger partial charge in [0.1, 0.15) is 17.0 Å². The molecule has 2 N–H and O–H groups in total. The second-order valence-corrected chi connectivity index (χ2v) is 5.43. The van der Waals surface area contributed by atoms with Crippen molar-refractivity contribution in [1.82, 2.24) is 10.3 Å². The van der Waals surface area contributed by atoms with Gasteiger partial charge in [-0.3, -0.25) is 4.98 Å². The van der Waals surface area contributed by atoms with Crippen molar-refractivity contribution in [3.63, 3.8) is 0 Å². The third-order valence-corrected chi connectivity index (χ3v) is 2.46. The minimum Gasteiger partial charge on any atom is -0.495 e. The molecule has 1 heterocycles. The maximum absolute atomic E-state index is 10.5. The summed E-state index contributed by atoms with van der Waals surface area (Å²) in [6.07, 6.45) is 1.66. The number of ether oxygens (including phenoxy) is 1. The fourth-order valence-electron chi connectivity index (χ4n) is 1.48. The van der Waals surface area contributed by atoms with E-state index in [1.54, 1.807) is 32.4 Å². The maximum Gasteiger partial charge on any atom is 0.143 e. The van der Waals surface area contributed by atoms with E-state index < -0.39 is 5.60 Å². The van der Waals surface area contributed by atoms with Crippen LogP contribution < -0.4 is 10.1 Å². The first-order valence-electron chi connectivity index (χ1n) is 5.73. The summed E-state index contributed by atoms with van der Waals surface area (Å²) < 4.78 is 5.21. The Balaban J connectivity index is 2.88. The van der Waals surface area contributed by atoms with Gasteiger partial charge >= 0.3 is 0 Å². The Kier molecular flexibility index (Phi) is 4.11. The zero-order valence-electron chi connectivity index (χ0n) is 11.2. The zero-order chi connectivity index (χ0) is 13.1. The number of pyridine rings is 1. The van der Waals surface area contributed by atoms with Gasteiger partial charge < -0.3 is 15.2 Å². The van der Waals surface area contributed by atoms with Crippen LogP contribution in [0.25, 0.3) is 0 Å². The van der Waals surface area contributed by atoms with Gasteiger partial charge in [-0.2, -0.15) is 0 Å². The van der Waals surface area contributed by atoms with E-state index in [0.717, 1.165) is 0 Å². The van der Waals surface area contributed by atoms with Gasteiger partial charge in [0, 0.05) is 18.3 Å². The molecule has 0 saturated carbocycles. The Morgan fingerprint density at radius 2 is 2.00 bits per heavy atom. The van der Waals surface area contributed by atoms with E-state index in [2.05, 4.69) is 31.1 Å². The van der Waals surface area contributed by atoms with Crippen LogP contribution in [-0.4, -0.2) is 29.3 Å². The van der Waals surface area contributed by atoms with Gasteiger partial charge in [-0.25, -0.2) is 0 Å². The lowest BCUT2D eigenvalue weighted by molar-refractivity contribution is 0.0432. The van der Waals surface area contributed by atoms with Crippen molar-refractivity contribution in [1.29, 1.82) is 0 Å². The van der Waals surface area contributed by atoms with E-state index >= 15 is 0 Å². The highest BCUT2D eigenvalue weighted by molar-refractivity contribution is 5.31. The molecule has 4 nitrogen and oxygen atoms in total. The topological polar surface area (TPSA) is 54.4 Å². The molecular weight excluding hydrogens is 216 g/mol. The lowest BCUT2D eigenvalue weighted by atomic mass is 9.98. The zero-order valence-corrected chi connectivity index (χ0v) is 11.2. The molecule has 0 radical (unpaired) electrons. The van der Waals surface area contributed by atoms with Crippen LogP contribution in [-0.2, 0) is 5.60 Å². The Bertz CT molecular complexity index is 370. The monoisotopic (exact) mass is 238 g/mol. The molecule has 0 bridgehead atoms. The Hall–Kier alpha value is -1.13. The molecule has 0 aliphatic heterocycles. The largest absolute Gasteiger partial charge is 0.495 e. The molecule has 0 aromatic carbocycles. The third kappa shape index (κ3) is 3.98. The number of aromatic nitrogens is 1. The van der Waals surface area contributed by atoms with E-state index in [1.807, 2.05) is 0 Å². The molecule has 0 spiro atoms. The lowest BCUT2D eigenvalue weighted by Crippen LogP contribution is -2.45. The van der Waals surface area contributed by atoms with Gasteiger partial charge in [0.15, 0.2) is 0 Å². The molecule has 1 unspecified atom stereocenters. The molecule has 1 atom stereocenters. The van der Waals surface area contributed by atoms with Crippen LogP contribution in [0.5, 0.6) is 5.75 Å². The highest BCUT2D eigenvalue weighted by atomic mass is 16.5. The van der Waals surface area contributed by atoms with Crippen molar-refractivity contribution in [2.75, 3.05) is 13.7 Å². The molecule has 0 amide bonds. The summed E-state index contributed by atoms with van der Waals surface area (Å²) in [7, 11) is 1.58. The van der Waals surface area contributed by atoms with Crippen LogP contribution in [0.3, 0.4) is 0 Å². The predicted octanol–water partition coefficient (Wildman–Crippen LogP) is 1.69. The van der Waals surface area contributed by atoms with Crippen molar-refractivity contribution in [2.45, 2.75) is 38.8 Å². The van der Waals surface area contributed by atoms with Crippen molar-refractivity contribution >= 4 is 0 Å². The fourth-order valence-corrected chi connectivity index (χ4v) is 1.48. The first-order valence-corrected chi connectivity index (χ1v) is 5.73. The summed E-state index contributed by atoms with van der Waals surface area (Å²) in [6.45, 7) is 8.32. The average molecular weight is 238 g/mol. The first kappa shape index (κ1) is 13.9. The van der Waals surface area contributed by atoms with Crippen molar-refractivity contribution in [3.8, 4) is 5.75 Å². The van der Waals surface area contributed by atoms with Crippen molar-refractivity contribution < 1.29 is 9.84 Å². The SMILES string of the molecule is COc1cccnc1C(C)(O)CNC(C)(C)C. The van der Waals surface area contributed by atoms with Gasteiger partial charge in [0.25, 0.3) is 0 Å². The summed E-state index contributed by atoms with van der Waals surface area (Å²) in [6, 6.07) is 3.59. The molecule has 96 valence electrons. The van der Waals surface area contributed by atoms with Crippen LogP contribution >= 0.6 is 0 Å². The summed E-state index contributed by atoms with van der Waals surface area (Å²) in [5, 5.41) is 13.7. The molecule has 0 fully saturated rings. The molecule has 17 heavy (non-hydrogen) atoms. The van der Waals surface area contributed by atoms with Crippen LogP contribution in [0.1, 0.15) is 33.4 Å². The Labute approximate surface area is 103 Å². The minimum atomic E-state index is -1.06. The van der Waals surface area contributed by atoms with Crippen LogP contribution in [0, 0.1) is 0 Å². The summed E-state index contributed by atoms with van der Waals surface area (Å²) in [4.78, 5) is 4.21. The third-order valence-electron chi connectivity index (χ3n) is 2.46. The second-order valence-electron chi connectivity index (χ2n) is 5.43. The van der Waals surface area contributed by atoms with E-state index in [1.165, 1.54) is 0 Å². The molecule has 1 aromatic rings. The quantitative estimate of drug-likeness (QED) is 0.838. The predicted molar refractivity (Wildman–Crippen MR) is 68.1 cm³/mol. The van der Waals surface area contributed by atoms with Crippen molar-refractivity contribution in [3.05, 3.63) is 24.0 Å². The highest BCUT2D eigenvalue weighted by Crippen LogP contribution is 2.27. The number of methoxy groups -OCH3 is 1. The number of hydrogen-bond donors (Lipinski definition) is 2. The normalized spacial score (nSPS) is 15.4. The van der Waals surface area contributed by atoms with Crippen LogP contribution in [0.4, 0.5) is 0 Å². The highest BCUT2D eigenvalue weighted by Gasteiger charge is 2.29. The van der Waals surface area contributed by atoms with E-state index in [-0.39, 0.29) is 5.54 Å². The molecular formula is C13H22N2O2. The van der Waals surface area contributed by atoms with Crippen LogP contribution in [0.2, 0.25) is 0 Å². The minimum absolute atomic E-state index is 0.0496. The average Bonchev–Trinajstić information content (AvgIpc) is 2.26. The van der Waals surface area contributed by atoms with Crippen molar-refractivity contribution in [2.24, 2.45) is 0 Å². The van der Waals surface area contributed by atoms with E-state index in [0.29, 0.717) is 18.0 Å². The fraction of sp³-hybridized carbons (Fsp3) is 0.615. The number of nitrogens with one attached hydrogen (secondary N) is 1. The molecule has 1 rings (SSSR count). The molecule has 0 aliphatic carbocycles. The molecule has 4 heteroatoms. The smallest absolute Gasteiger partial charge is 0.143 e. The molecule has 1 aromatic heterocycles. The van der Waals surface area contributed by atoms with Gasteiger partial charge in [0.2, 0.25) is 0 Å². The van der Waals surface area contributed by atoms with Gasteiger partial charge in [-0.05, 0) is 39.8 Å². The second kappa shape index (κ2) is 5.02. The first-order chi connectivity index (χ1) is 7.76. The molecule has 0 saturated heterocycles. The number of rotatable bonds is 4. The lowest BCUT2D eigenvalue weighted by Gasteiger charge is -2.29. The Morgan fingerprint density at radius 1 is 1.35 bits per heavy atom. The standard InChI is InChI=1S/C13H22N2O2/c1-12(2,3)15-9-13(4,16)11-10(17-5)7-6-8-14-11/h6-8,15-16H,9H2,1-5H3. The summed E-state index contributed by atoms with van der Waals surface area (Å²) >= 11 is 0. The number of β-amino-alcohol motifs (C(OH)–C–C–N with tert-alkyl or cyclic N) is 1. The number of nitrogens with zero attached hydrogens (tertiary/aromatic N) is 1. The van der Waals surface area contributed by atoms with Gasteiger partial charge in [-0.1, -0.05) is 0 Å². The van der Waals surface area contributed by atoms with E-state index in [9.17, 15) is 5.11 Å². The van der Waals surface area contributed by atoms with Gasteiger partial charge in [0.05, 0.1) is 7.11 Å². The van der Waals surface area contributed by atoms with E-state index in [4.69, 9.17) is 4.74 Å². The maximum atomic E-state index is 10.5. The van der Waals surface area contributed by atoms with Crippen LogP contribution in [0.15, 0.2) is 18.3 Å². The number of aliphatic hydroxyl groups is 1. The number of hydrogen-bond acceptors (Lipinski definition) is 4.